The Hall–Kier alpha value is -2.42. The van der Waals surface area contributed by atoms with E-state index in [9.17, 15) is 0 Å². The lowest BCUT2D eigenvalue weighted by Crippen LogP contribution is -2.37. The average Bonchev–Trinajstić information content (AvgIpc) is 2.62. The van der Waals surface area contributed by atoms with Crippen LogP contribution in [-0.2, 0) is 0 Å². The molecular formula is C20H21N3. The number of fused-ring (bicyclic) bond motifs is 1. The van der Waals surface area contributed by atoms with E-state index in [2.05, 4.69) is 47.1 Å². The van der Waals surface area contributed by atoms with Crippen LogP contribution in [0.1, 0.15) is 26.2 Å². The Balaban J connectivity index is 1.91. The highest BCUT2D eigenvalue weighted by Gasteiger charge is 2.21. The van der Waals surface area contributed by atoms with Crippen LogP contribution in [-0.4, -0.2) is 22.6 Å². The summed E-state index contributed by atoms with van der Waals surface area (Å²) in [6, 6.07) is 17.2. The van der Waals surface area contributed by atoms with Gasteiger partial charge in [-0.05, 0) is 50.5 Å². The van der Waals surface area contributed by atoms with Gasteiger partial charge < -0.3 is 4.90 Å². The fourth-order valence-corrected chi connectivity index (χ4v) is 3.50. The molecule has 116 valence electrons. The fourth-order valence-electron chi connectivity index (χ4n) is 3.50. The van der Waals surface area contributed by atoms with Crippen molar-refractivity contribution >= 4 is 16.6 Å². The lowest BCUT2D eigenvalue weighted by atomic mass is 10.0. The van der Waals surface area contributed by atoms with Gasteiger partial charge in [0.15, 0.2) is 0 Å². The van der Waals surface area contributed by atoms with Crippen LogP contribution < -0.4 is 4.90 Å². The van der Waals surface area contributed by atoms with Gasteiger partial charge in [0.1, 0.15) is 0 Å². The lowest BCUT2D eigenvalue weighted by molar-refractivity contribution is 0.486. The van der Waals surface area contributed by atoms with E-state index in [0.717, 1.165) is 23.4 Å². The van der Waals surface area contributed by atoms with Crippen LogP contribution in [0.5, 0.6) is 0 Å². The van der Waals surface area contributed by atoms with Crippen LogP contribution in [0.2, 0.25) is 0 Å². The Morgan fingerprint density at radius 3 is 2.70 bits per heavy atom. The predicted octanol–water partition coefficient (Wildman–Crippen LogP) is 4.68. The summed E-state index contributed by atoms with van der Waals surface area (Å²) in [6.07, 6.45) is 5.68. The summed E-state index contributed by atoms with van der Waals surface area (Å²) >= 11 is 0. The molecule has 0 amide bonds. The Morgan fingerprint density at radius 2 is 1.87 bits per heavy atom. The number of para-hydroxylation sites is 1. The normalized spacial score (nSPS) is 18.3. The molecule has 2 aromatic heterocycles. The maximum absolute atomic E-state index is 4.84. The van der Waals surface area contributed by atoms with Gasteiger partial charge >= 0.3 is 0 Å². The van der Waals surface area contributed by atoms with Gasteiger partial charge in [0, 0.05) is 29.9 Å². The first kappa shape index (κ1) is 14.2. The minimum Gasteiger partial charge on any atom is -0.368 e. The van der Waals surface area contributed by atoms with Crippen LogP contribution in [0.15, 0.2) is 54.7 Å². The minimum atomic E-state index is 0.575. The molecule has 0 bridgehead atoms. The van der Waals surface area contributed by atoms with Gasteiger partial charge in [0.25, 0.3) is 0 Å². The quantitative estimate of drug-likeness (QED) is 0.688. The Labute approximate surface area is 137 Å². The maximum Gasteiger partial charge on any atom is 0.0914 e. The molecule has 1 aliphatic rings. The second-order valence-corrected chi connectivity index (χ2v) is 6.30. The molecule has 1 fully saturated rings. The number of pyridine rings is 2. The largest absolute Gasteiger partial charge is 0.368 e. The molecule has 0 aliphatic carbocycles. The molecule has 4 rings (SSSR count). The molecule has 1 atom stereocenters. The average molecular weight is 303 g/mol. The van der Waals surface area contributed by atoms with Crippen LogP contribution in [0.3, 0.4) is 0 Å². The first-order chi connectivity index (χ1) is 11.3. The SMILES string of the molecule is C[C@@H]1CCCCN1c1cc(-c2ccccn2)nc2ccccc12. The third-order valence-electron chi connectivity index (χ3n) is 4.73. The van der Waals surface area contributed by atoms with Crippen molar-refractivity contribution in [3.8, 4) is 11.4 Å². The monoisotopic (exact) mass is 303 g/mol. The highest BCUT2D eigenvalue weighted by atomic mass is 15.2. The molecule has 23 heavy (non-hydrogen) atoms. The van der Waals surface area contributed by atoms with Crippen LogP contribution >= 0.6 is 0 Å². The van der Waals surface area contributed by atoms with E-state index in [0.29, 0.717) is 6.04 Å². The Bertz CT molecular complexity index is 813. The van der Waals surface area contributed by atoms with Crippen molar-refractivity contribution in [2.75, 3.05) is 11.4 Å². The molecule has 3 aromatic rings. The standard InChI is InChI=1S/C20H21N3/c1-15-8-5-7-13-23(15)20-14-19(18-11-4-6-12-21-18)22-17-10-3-2-9-16(17)20/h2-4,6,9-12,14-15H,5,7-8,13H2,1H3/t15-/m1/s1. The number of benzene rings is 1. The van der Waals surface area contributed by atoms with Crippen molar-refractivity contribution in [3.63, 3.8) is 0 Å². The second kappa shape index (κ2) is 5.99. The Morgan fingerprint density at radius 1 is 1.00 bits per heavy atom. The Kier molecular flexibility index (Phi) is 3.70. The van der Waals surface area contributed by atoms with Gasteiger partial charge in [-0.25, -0.2) is 4.98 Å². The zero-order chi connectivity index (χ0) is 15.6. The molecule has 1 aromatic carbocycles. The van der Waals surface area contributed by atoms with Crippen molar-refractivity contribution in [3.05, 3.63) is 54.7 Å². The highest BCUT2D eigenvalue weighted by Crippen LogP contribution is 2.33. The summed E-state index contributed by atoms with van der Waals surface area (Å²) in [5.74, 6) is 0. The van der Waals surface area contributed by atoms with E-state index in [-0.39, 0.29) is 0 Å². The van der Waals surface area contributed by atoms with Gasteiger partial charge in [-0.3, -0.25) is 4.98 Å². The maximum atomic E-state index is 4.84. The molecular weight excluding hydrogens is 282 g/mol. The number of hydrogen-bond donors (Lipinski definition) is 0. The van der Waals surface area contributed by atoms with Crippen molar-refractivity contribution in [2.24, 2.45) is 0 Å². The van der Waals surface area contributed by atoms with E-state index in [1.165, 1.54) is 30.3 Å². The van der Waals surface area contributed by atoms with E-state index in [1.807, 2.05) is 24.4 Å². The van der Waals surface area contributed by atoms with Gasteiger partial charge in [0.05, 0.1) is 16.9 Å². The van der Waals surface area contributed by atoms with Gasteiger partial charge in [-0.2, -0.15) is 0 Å². The van der Waals surface area contributed by atoms with E-state index in [4.69, 9.17) is 4.98 Å². The lowest BCUT2D eigenvalue weighted by Gasteiger charge is -2.36. The van der Waals surface area contributed by atoms with Gasteiger partial charge in [-0.1, -0.05) is 24.3 Å². The summed E-state index contributed by atoms with van der Waals surface area (Å²) < 4.78 is 0. The van der Waals surface area contributed by atoms with Crippen LogP contribution in [0, 0.1) is 0 Å². The molecule has 3 heteroatoms. The number of rotatable bonds is 2. The number of nitrogens with zero attached hydrogens (tertiary/aromatic N) is 3. The predicted molar refractivity (Wildman–Crippen MR) is 95.6 cm³/mol. The zero-order valence-electron chi connectivity index (χ0n) is 13.4. The van der Waals surface area contributed by atoms with Crippen molar-refractivity contribution in [1.82, 2.24) is 9.97 Å². The topological polar surface area (TPSA) is 29.0 Å². The minimum absolute atomic E-state index is 0.575. The summed E-state index contributed by atoms with van der Waals surface area (Å²) in [6.45, 7) is 3.45. The summed E-state index contributed by atoms with van der Waals surface area (Å²) in [4.78, 5) is 11.9. The number of hydrogen-bond acceptors (Lipinski definition) is 3. The molecule has 0 saturated carbocycles. The van der Waals surface area contributed by atoms with Gasteiger partial charge in [-0.15, -0.1) is 0 Å². The van der Waals surface area contributed by atoms with Crippen molar-refractivity contribution in [1.29, 1.82) is 0 Å². The molecule has 3 heterocycles. The van der Waals surface area contributed by atoms with Crippen molar-refractivity contribution in [2.45, 2.75) is 32.2 Å². The molecule has 1 saturated heterocycles. The summed E-state index contributed by atoms with van der Waals surface area (Å²) in [7, 11) is 0. The van der Waals surface area contributed by atoms with E-state index >= 15 is 0 Å². The smallest absolute Gasteiger partial charge is 0.0914 e. The zero-order valence-corrected chi connectivity index (χ0v) is 13.4. The van der Waals surface area contributed by atoms with Crippen molar-refractivity contribution < 1.29 is 0 Å². The number of aromatic nitrogens is 2. The van der Waals surface area contributed by atoms with E-state index < -0.39 is 0 Å². The first-order valence-electron chi connectivity index (χ1n) is 8.41. The molecule has 0 unspecified atom stereocenters. The van der Waals surface area contributed by atoms with Crippen LogP contribution in [0.25, 0.3) is 22.3 Å². The molecule has 0 radical (unpaired) electrons. The van der Waals surface area contributed by atoms with E-state index in [1.54, 1.807) is 0 Å². The number of anilines is 1. The highest BCUT2D eigenvalue weighted by molar-refractivity contribution is 5.94. The molecule has 0 N–H and O–H groups in total. The van der Waals surface area contributed by atoms with Gasteiger partial charge in [0.2, 0.25) is 0 Å². The summed E-state index contributed by atoms with van der Waals surface area (Å²) in [5.41, 5.74) is 4.23. The van der Waals surface area contributed by atoms with Crippen LogP contribution in [0.4, 0.5) is 5.69 Å². The molecule has 0 spiro atoms. The third-order valence-corrected chi connectivity index (χ3v) is 4.73. The third kappa shape index (κ3) is 2.67. The first-order valence-corrected chi connectivity index (χ1v) is 8.41. The second-order valence-electron chi connectivity index (χ2n) is 6.30. The number of piperidine rings is 1. The molecule has 3 nitrogen and oxygen atoms in total. The molecule has 1 aliphatic heterocycles. The summed E-state index contributed by atoms with van der Waals surface area (Å²) in [5, 5.41) is 1.24. The fraction of sp³-hybridized carbons (Fsp3) is 0.300.